The fraction of sp³-hybridized carbons (Fsp3) is 0.250. The van der Waals surface area contributed by atoms with Gasteiger partial charge in [-0.3, -0.25) is 4.79 Å². The average Bonchev–Trinajstić information content (AvgIpc) is 2.28. The second-order valence-electron chi connectivity index (χ2n) is 3.29. The molecule has 0 fully saturated rings. The van der Waals surface area contributed by atoms with Gasteiger partial charge < -0.3 is 10.4 Å². The highest BCUT2D eigenvalue weighted by molar-refractivity contribution is 5.72. The predicted octanol–water partition coefficient (Wildman–Crippen LogP) is 1.55. The molecule has 1 aromatic rings. The van der Waals surface area contributed by atoms with Crippen LogP contribution in [0.4, 0.5) is 8.78 Å². The Hall–Kier alpha value is -2.09. The number of aromatic hydroxyl groups is 1. The van der Waals surface area contributed by atoms with Crippen LogP contribution in [-0.2, 0) is 4.79 Å². The van der Waals surface area contributed by atoms with Gasteiger partial charge in [0.15, 0.2) is 11.6 Å². The second kappa shape index (κ2) is 5.85. The quantitative estimate of drug-likeness (QED) is 0.607. The van der Waals surface area contributed by atoms with E-state index in [4.69, 9.17) is 5.11 Å². The van der Waals surface area contributed by atoms with Gasteiger partial charge in [0.2, 0.25) is 11.7 Å². The third-order valence-corrected chi connectivity index (χ3v) is 1.91. The Balaban J connectivity index is 2.66. The number of nitrogens with one attached hydrogen (secondary N) is 1. The summed E-state index contributed by atoms with van der Waals surface area (Å²) in [6.45, 7) is 1.73. The summed E-state index contributed by atoms with van der Waals surface area (Å²) in [4.78, 5) is 10.5. The predicted molar refractivity (Wildman–Crippen MR) is 58.2 cm³/mol. The van der Waals surface area contributed by atoms with E-state index >= 15 is 0 Å². The minimum absolute atomic E-state index is 0.122. The van der Waals surface area contributed by atoms with Crippen molar-refractivity contribution in [2.45, 2.75) is 13.3 Å². The van der Waals surface area contributed by atoms with E-state index in [9.17, 15) is 13.6 Å². The number of hydrogen-bond donors (Lipinski definition) is 2. The minimum Gasteiger partial charge on any atom is -0.505 e. The first kappa shape index (κ1) is 13.0. The fourth-order valence-corrected chi connectivity index (χ4v) is 1.09. The van der Waals surface area contributed by atoms with Crippen molar-refractivity contribution < 1.29 is 18.7 Å². The van der Waals surface area contributed by atoms with E-state index in [-0.39, 0.29) is 11.5 Å². The Morgan fingerprint density at radius 1 is 1.41 bits per heavy atom. The van der Waals surface area contributed by atoms with Gasteiger partial charge in [0.1, 0.15) is 0 Å². The van der Waals surface area contributed by atoms with Gasteiger partial charge in [0.05, 0.1) is 5.56 Å². The zero-order chi connectivity index (χ0) is 12.8. The lowest BCUT2D eigenvalue weighted by Crippen LogP contribution is -2.20. The van der Waals surface area contributed by atoms with Crippen LogP contribution >= 0.6 is 0 Å². The van der Waals surface area contributed by atoms with E-state index in [2.05, 4.69) is 17.2 Å². The molecule has 17 heavy (non-hydrogen) atoms. The molecular weight excluding hydrogens is 228 g/mol. The van der Waals surface area contributed by atoms with Crippen molar-refractivity contribution in [3.05, 3.63) is 29.3 Å². The average molecular weight is 239 g/mol. The summed E-state index contributed by atoms with van der Waals surface area (Å²) < 4.78 is 26.1. The molecule has 0 saturated heterocycles. The number of amides is 1. The summed E-state index contributed by atoms with van der Waals surface area (Å²) in [6, 6.07) is 2.23. The highest BCUT2D eigenvalue weighted by Gasteiger charge is 2.10. The zero-order valence-electron chi connectivity index (χ0n) is 9.18. The number of hydrogen-bond acceptors (Lipinski definition) is 2. The SMILES string of the molecule is CC(=O)NCCC#Cc1ccc(O)c(F)c1F. The molecule has 0 saturated carbocycles. The Morgan fingerprint density at radius 2 is 2.12 bits per heavy atom. The maximum atomic E-state index is 13.2. The van der Waals surface area contributed by atoms with E-state index in [1.807, 2.05) is 0 Å². The van der Waals surface area contributed by atoms with Crippen LogP contribution in [0.1, 0.15) is 18.9 Å². The van der Waals surface area contributed by atoms with Crippen LogP contribution < -0.4 is 5.32 Å². The van der Waals surface area contributed by atoms with Gasteiger partial charge in [-0.25, -0.2) is 4.39 Å². The van der Waals surface area contributed by atoms with Crippen LogP contribution in [0.2, 0.25) is 0 Å². The van der Waals surface area contributed by atoms with Gasteiger partial charge >= 0.3 is 0 Å². The van der Waals surface area contributed by atoms with Gasteiger partial charge in [-0.05, 0) is 12.1 Å². The van der Waals surface area contributed by atoms with Gasteiger partial charge in [-0.1, -0.05) is 11.8 Å². The smallest absolute Gasteiger partial charge is 0.216 e. The molecule has 0 atom stereocenters. The number of rotatable bonds is 2. The maximum absolute atomic E-state index is 13.2. The van der Waals surface area contributed by atoms with Gasteiger partial charge in [-0.2, -0.15) is 4.39 Å². The van der Waals surface area contributed by atoms with Crippen LogP contribution in [0, 0.1) is 23.5 Å². The number of phenolic OH excluding ortho intramolecular Hbond substituents is 1. The monoisotopic (exact) mass is 239 g/mol. The highest BCUT2D eigenvalue weighted by Crippen LogP contribution is 2.20. The first-order chi connectivity index (χ1) is 8.02. The molecule has 0 radical (unpaired) electrons. The molecule has 0 spiro atoms. The molecule has 0 aliphatic heterocycles. The van der Waals surface area contributed by atoms with Gasteiger partial charge in [0.25, 0.3) is 0 Å². The molecule has 1 aromatic carbocycles. The number of phenols is 1. The summed E-state index contributed by atoms with van der Waals surface area (Å²) in [6.07, 6.45) is 0.335. The molecule has 2 N–H and O–H groups in total. The summed E-state index contributed by atoms with van der Waals surface area (Å²) in [5, 5.41) is 11.4. The lowest BCUT2D eigenvalue weighted by atomic mass is 10.2. The van der Waals surface area contributed by atoms with Crippen LogP contribution in [0.15, 0.2) is 12.1 Å². The largest absolute Gasteiger partial charge is 0.505 e. The zero-order valence-corrected chi connectivity index (χ0v) is 9.18. The van der Waals surface area contributed by atoms with E-state index in [0.717, 1.165) is 6.07 Å². The van der Waals surface area contributed by atoms with E-state index in [0.29, 0.717) is 13.0 Å². The Labute approximate surface area is 97.5 Å². The molecule has 3 nitrogen and oxygen atoms in total. The van der Waals surface area contributed by atoms with Gasteiger partial charge in [0, 0.05) is 19.9 Å². The van der Waals surface area contributed by atoms with Crippen LogP contribution in [0.3, 0.4) is 0 Å². The molecule has 90 valence electrons. The third-order valence-electron chi connectivity index (χ3n) is 1.91. The Morgan fingerprint density at radius 3 is 2.76 bits per heavy atom. The van der Waals surface area contributed by atoms with E-state index < -0.39 is 17.4 Å². The second-order valence-corrected chi connectivity index (χ2v) is 3.29. The lowest BCUT2D eigenvalue weighted by molar-refractivity contribution is -0.118. The molecule has 0 aliphatic carbocycles. The van der Waals surface area contributed by atoms with Crippen molar-refractivity contribution in [2.24, 2.45) is 0 Å². The third kappa shape index (κ3) is 3.76. The molecule has 0 aromatic heterocycles. The molecule has 1 rings (SSSR count). The van der Waals surface area contributed by atoms with E-state index in [1.54, 1.807) is 0 Å². The van der Waals surface area contributed by atoms with Gasteiger partial charge in [-0.15, -0.1) is 0 Å². The fourth-order valence-electron chi connectivity index (χ4n) is 1.09. The molecule has 0 heterocycles. The van der Waals surface area contributed by atoms with Crippen molar-refractivity contribution in [2.75, 3.05) is 6.54 Å². The van der Waals surface area contributed by atoms with E-state index in [1.165, 1.54) is 13.0 Å². The van der Waals surface area contributed by atoms with Crippen LogP contribution in [0.25, 0.3) is 0 Å². The molecular formula is C12H11F2NO2. The molecule has 1 amide bonds. The summed E-state index contributed by atoms with van der Waals surface area (Å²) in [5.74, 6) is 1.63. The number of carbonyl (C=O) groups is 1. The molecule has 5 heteroatoms. The highest BCUT2D eigenvalue weighted by atomic mass is 19.2. The topological polar surface area (TPSA) is 49.3 Å². The lowest BCUT2D eigenvalue weighted by Gasteiger charge is -1.98. The molecule has 0 unspecified atom stereocenters. The first-order valence-electron chi connectivity index (χ1n) is 4.92. The number of carbonyl (C=O) groups excluding carboxylic acids is 1. The van der Waals surface area contributed by atoms with Crippen molar-refractivity contribution in [3.8, 4) is 17.6 Å². The number of halogens is 2. The molecule has 0 bridgehead atoms. The maximum Gasteiger partial charge on any atom is 0.216 e. The summed E-state index contributed by atoms with van der Waals surface area (Å²) in [7, 11) is 0. The van der Waals surface area contributed by atoms with Crippen LogP contribution in [-0.4, -0.2) is 17.6 Å². The standard InChI is InChI=1S/C12H11F2NO2/c1-8(16)15-7-3-2-4-9-5-6-10(17)12(14)11(9)13/h5-6,17H,3,7H2,1H3,(H,15,16). The van der Waals surface area contributed by atoms with Crippen molar-refractivity contribution in [1.29, 1.82) is 0 Å². The minimum atomic E-state index is -1.31. The summed E-state index contributed by atoms with van der Waals surface area (Å²) in [5.41, 5.74) is -0.122. The Bertz CT molecular complexity index is 489. The Kier molecular flexibility index (Phi) is 4.46. The van der Waals surface area contributed by atoms with Crippen molar-refractivity contribution in [3.63, 3.8) is 0 Å². The van der Waals surface area contributed by atoms with Crippen molar-refractivity contribution in [1.82, 2.24) is 5.32 Å². The summed E-state index contributed by atoms with van der Waals surface area (Å²) >= 11 is 0. The number of benzene rings is 1. The molecule has 0 aliphatic rings. The normalized spacial score (nSPS) is 9.35. The van der Waals surface area contributed by atoms with Crippen molar-refractivity contribution >= 4 is 5.91 Å². The van der Waals surface area contributed by atoms with Crippen LogP contribution in [0.5, 0.6) is 5.75 Å². The first-order valence-corrected chi connectivity index (χ1v) is 4.92.